The maximum Gasteiger partial charge on any atom is 0.225 e. The second kappa shape index (κ2) is 7.85. The Balaban J connectivity index is 1.46. The number of nitrogens with one attached hydrogen (secondary N) is 2. The Morgan fingerprint density at radius 2 is 2.27 bits per heavy atom. The SMILES string of the molecule is O=C(CC1CSCCN1)Nc1ccc(OC2CCOC2)cc1. The van der Waals surface area contributed by atoms with Crippen molar-refractivity contribution < 1.29 is 14.3 Å². The molecule has 1 aromatic rings. The van der Waals surface area contributed by atoms with E-state index in [0.29, 0.717) is 13.0 Å². The first-order valence-electron chi connectivity index (χ1n) is 7.75. The highest BCUT2D eigenvalue weighted by Gasteiger charge is 2.18. The fourth-order valence-electron chi connectivity index (χ4n) is 2.60. The Labute approximate surface area is 135 Å². The Morgan fingerprint density at radius 3 is 2.95 bits per heavy atom. The summed E-state index contributed by atoms with van der Waals surface area (Å²) in [5, 5.41) is 6.31. The summed E-state index contributed by atoms with van der Waals surface area (Å²) in [5.41, 5.74) is 0.809. The van der Waals surface area contributed by atoms with Gasteiger partial charge in [0.25, 0.3) is 0 Å². The Morgan fingerprint density at radius 1 is 1.41 bits per heavy atom. The van der Waals surface area contributed by atoms with Crippen LogP contribution in [0.1, 0.15) is 12.8 Å². The summed E-state index contributed by atoms with van der Waals surface area (Å²) in [4.78, 5) is 12.0. The number of hydrogen-bond donors (Lipinski definition) is 2. The first-order valence-corrected chi connectivity index (χ1v) is 8.90. The topological polar surface area (TPSA) is 59.6 Å². The zero-order chi connectivity index (χ0) is 15.2. The lowest BCUT2D eigenvalue weighted by Gasteiger charge is -2.22. The van der Waals surface area contributed by atoms with Crippen molar-refractivity contribution in [2.24, 2.45) is 0 Å². The van der Waals surface area contributed by atoms with Crippen LogP contribution in [0.15, 0.2) is 24.3 Å². The van der Waals surface area contributed by atoms with Crippen LogP contribution >= 0.6 is 11.8 Å². The smallest absolute Gasteiger partial charge is 0.225 e. The molecule has 2 saturated heterocycles. The van der Waals surface area contributed by atoms with Crippen molar-refractivity contribution in [2.75, 3.05) is 36.6 Å². The van der Waals surface area contributed by atoms with Gasteiger partial charge in [-0.15, -0.1) is 0 Å². The minimum absolute atomic E-state index is 0.0536. The third kappa shape index (κ3) is 4.63. The number of carbonyl (C=O) groups excluding carboxylic acids is 1. The third-order valence-corrected chi connectivity index (χ3v) is 4.89. The summed E-state index contributed by atoms with van der Waals surface area (Å²) in [7, 11) is 0. The summed E-state index contributed by atoms with van der Waals surface area (Å²) in [6, 6.07) is 7.83. The molecule has 0 radical (unpaired) electrons. The summed E-state index contributed by atoms with van der Waals surface area (Å²) >= 11 is 1.90. The van der Waals surface area contributed by atoms with Crippen LogP contribution in [-0.4, -0.2) is 49.3 Å². The molecule has 5 nitrogen and oxygen atoms in total. The molecule has 2 atom stereocenters. The van der Waals surface area contributed by atoms with E-state index in [2.05, 4.69) is 10.6 Å². The van der Waals surface area contributed by atoms with Crippen LogP contribution in [0, 0.1) is 0 Å². The van der Waals surface area contributed by atoms with Crippen molar-refractivity contribution in [1.82, 2.24) is 5.32 Å². The van der Waals surface area contributed by atoms with Gasteiger partial charge in [-0.25, -0.2) is 0 Å². The Hall–Kier alpha value is -1.24. The summed E-state index contributed by atoms with van der Waals surface area (Å²) in [5.74, 6) is 3.01. The number of thioether (sulfide) groups is 1. The summed E-state index contributed by atoms with van der Waals surface area (Å²) in [6.07, 6.45) is 1.60. The molecule has 2 heterocycles. The molecule has 2 fully saturated rings. The van der Waals surface area contributed by atoms with Crippen LogP contribution in [0.25, 0.3) is 0 Å². The van der Waals surface area contributed by atoms with Crippen LogP contribution in [0.2, 0.25) is 0 Å². The lowest BCUT2D eigenvalue weighted by Crippen LogP contribution is -2.39. The highest BCUT2D eigenvalue weighted by Crippen LogP contribution is 2.20. The van der Waals surface area contributed by atoms with E-state index < -0.39 is 0 Å². The number of ether oxygens (including phenoxy) is 2. The van der Waals surface area contributed by atoms with E-state index in [0.717, 1.165) is 42.5 Å². The quantitative estimate of drug-likeness (QED) is 0.867. The number of benzene rings is 1. The van der Waals surface area contributed by atoms with Crippen molar-refractivity contribution in [3.05, 3.63) is 24.3 Å². The number of hydrogen-bond acceptors (Lipinski definition) is 5. The fourth-order valence-corrected chi connectivity index (χ4v) is 3.55. The minimum atomic E-state index is 0.0536. The van der Waals surface area contributed by atoms with Gasteiger partial charge in [-0.1, -0.05) is 0 Å². The molecule has 2 N–H and O–H groups in total. The van der Waals surface area contributed by atoms with Crippen LogP contribution in [0.3, 0.4) is 0 Å². The van der Waals surface area contributed by atoms with E-state index >= 15 is 0 Å². The molecule has 3 rings (SSSR count). The first-order chi connectivity index (χ1) is 10.8. The van der Waals surface area contributed by atoms with E-state index in [-0.39, 0.29) is 18.1 Å². The fraction of sp³-hybridized carbons (Fsp3) is 0.562. The lowest BCUT2D eigenvalue weighted by atomic mass is 10.2. The lowest BCUT2D eigenvalue weighted by molar-refractivity contribution is -0.116. The van der Waals surface area contributed by atoms with Crippen molar-refractivity contribution in [2.45, 2.75) is 25.0 Å². The predicted octanol–water partition coefficient (Wildman–Crippen LogP) is 1.89. The monoisotopic (exact) mass is 322 g/mol. The molecule has 0 spiro atoms. The average Bonchev–Trinajstić information content (AvgIpc) is 3.03. The highest BCUT2D eigenvalue weighted by atomic mass is 32.2. The third-order valence-electron chi connectivity index (χ3n) is 3.76. The number of amides is 1. The van der Waals surface area contributed by atoms with E-state index in [4.69, 9.17) is 9.47 Å². The summed E-state index contributed by atoms with van der Waals surface area (Å²) in [6.45, 7) is 2.41. The molecule has 1 amide bonds. The average molecular weight is 322 g/mol. The van der Waals surface area contributed by atoms with Gasteiger partial charge < -0.3 is 20.1 Å². The Kier molecular flexibility index (Phi) is 5.58. The van der Waals surface area contributed by atoms with Gasteiger partial charge in [0.2, 0.25) is 5.91 Å². The van der Waals surface area contributed by atoms with Gasteiger partial charge in [0.1, 0.15) is 11.9 Å². The molecule has 2 unspecified atom stereocenters. The van der Waals surface area contributed by atoms with Gasteiger partial charge in [0, 0.05) is 42.6 Å². The zero-order valence-corrected chi connectivity index (χ0v) is 13.4. The second-order valence-corrected chi connectivity index (χ2v) is 6.76. The summed E-state index contributed by atoms with van der Waals surface area (Å²) < 4.78 is 11.1. The molecule has 0 bridgehead atoms. The largest absolute Gasteiger partial charge is 0.488 e. The molecule has 2 aliphatic heterocycles. The zero-order valence-electron chi connectivity index (χ0n) is 12.5. The normalized spacial score (nSPS) is 24.9. The van der Waals surface area contributed by atoms with Gasteiger partial charge in [0.15, 0.2) is 0 Å². The molecular weight excluding hydrogens is 300 g/mol. The maximum absolute atomic E-state index is 12.0. The molecule has 120 valence electrons. The van der Waals surface area contributed by atoms with Crippen LogP contribution in [-0.2, 0) is 9.53 Å². The molecule has 0 aliphatic carbocycles. The van der Waals surface area contributed by atoms with Crippen molar-refractivity contribution >= 4 is 23.4 Å². The van der Waals surface area contributed by atoms with E-state index in [1.54, 1.807) is 0 Å². The molecule has 22 heavy (non-hydrogen) atoms. The molecule has 6 heteroatoms. The van der Waals surface area contributed by atoms with E-state index in [1.165, 1.54) is 0 Å². The molecule has 0 saturated carbocycles. The first kappa shape index (κ1) is 15.6. The van der Waals surface area contributed by atoms with Gasteiger partial charge in [0.05, 0.1) is 13.2 Å². The Bertz CT molecular complexity index is 483. The number of anilines is 1. The molecular formula is C16H22N2O3S. The van der Waals surface area contributed by atoms with Gasteiger partial charge in [-0.3, -0.25) is 4.79 Å². The standard InChI is InChI=1S/C16H22N2O3S/c19-16(9-13-11-22-8-6-17-13)18-12-1-3-14(4-2-12)21-15-5-7-20-10-15/h1-4,13,15,17H,5-11H2,(H,18,19). The molecule has 1 aromatic carbocycles. The molecule has 2 aliphatic rings. The predicted molar refractivity (Wildman–Crippen MR) is 88.7 cm³/mol. The second-order valence-electron chi connectivity index (χ2n) is 5.61. The number of carbonyl (C=O) groups is 1. The van der Waals surface area contributed by atoms with Crippen LogP contribution in [0.5, 0.6) is 5.75 Å². The van der Waals surface area contributed by atoms with Crippen molar-refractivity contribution in [3.63, 3.8) is 0 Å². The van der Waals surface area contributed by atoms with Crippen molar-refractivity contribution in [3.8, 4) is 5.75 Å². The van der Waals surface area contributed by atoms with Crippen LogP contribution in [0.4, 0.5) is 5.69 Å². The van der Waals surface area contributed by atoms with Gasteiger partial charge in [-0.2, -0.15) is 11.8 Å². The molecule has 0 aromatic heterocycles. The van der Waals surface area contributed by atoms with Gasteiger partial charge in [-0.05, 0) is 24.3 Å². The van der Waals surface area contributed by atoms with E-state index in [1.807, 2.05) is 36.0 Å². The number of rotatable bonds is 5. The van der Waals surface area contributed by atoms with E-state index in [9.17, 15) is 4.79 Å². The van der Waals surface area contributed by atoms with Crippen LogP contribution < -0.4 is 15.4 Å². The highest BCUT2D eigenvalue weighted by molar-refractivity contribution is 7.99. The van der Waals surface area contributed by atoms with Crippen molar-refractivity contribution in [1.29, 1.82) is 0 Å². The van der Waals surface area contributed by atoms with Gasteiger partial charge >= 0.3 is 0 Å². The minimum Gasteiger partial charge on any atom is -0.488 e. The maximum atomic E-state index is 12.0.